The average Bonchev–Trinajstić information content (AvgIpc) is 2.82. The maximum absolute atomic E-state index is 9.15. The van der Waals surface area contributed by atoms with E-state index in [9.17, 15) is 0 Å². The van der Waals surface area contributed by atoms with E-state index in [1.165, 1.54) is 12.8 Å². The lowest BCUT2D eigenvalue weighted by Crippen LogP contribution is -2.14. The zero-order valence-electron chi connectivity index (χ0n) is 8.99. The van der Waals surface area contributed by atoms with Crippen LogP contribution in [0.15, 0.2) is 0 Å². The number of aromatic nitrogens is 3. The van der Waals surface area contributed by atoms with E-state index in [1.54, 1.807) is 0 Å². The third-order valence-corrected chi connectivity index (χ3v) is 2.41. The number of nitrogens with zero attached hydrogens (tertiary/aromatic N) is 3. The van der Waals surface area contributed by atoms with Crippen molar-refractivity contribution in [3.05, 3.63) is 11.6 Å². The highest BCUT2D eigenvalue weighted by Crippen LogP contribution is 2.35. The molecule has 0 bridgehead atoms. The molecule has 1 heterocycles. The average molecular weight is 195 g/mol. The summed E-state index contributed by atoms with van der Waals surface area (Å²) in [5.41, 5.74) is -0.0376. The minimum Gasteiger partial charge on any atom is -0.388 e. The van der Waals surface area contributed by atoms with Crippen LogP contribution in [0.2, 0.25) is 0 Å². The summed E-state index contributed by atoms with van der Waals surface area (Å²) in [6, 6.07) is 0.487. The van der Waals surface area contributed by atoms with Crippen molar-refractivity contribution >= 4 is 0 Å². The van der Waals surface area contributed by atoms with E-state index in [0.717, 1.165) is 5.82 Å². The lowest BCUT2D eigenvalue weighted by molar-refractivity contribution is 0.262. The molecule has 0 saturated heterocycles. The second kappa shape index (κ2) is 3.05. The summed E-state index contributed by atoms with van der Waals surface area (Å²) in [6.45, 7) is 6.24. The van der Waals surface area contributed by atoms with Crippen LogP contribution in [0, 0.1) is 0 Å². The zero-order chi connectivity index (χ0) is 10.3. The first-order valence-corrected chi connectivity index (χ1v) is 5.09. The summed E-state index contributed by atoms with van der Waals surface area (Å²) >= 11 is 0. The molecule has 1 aliphatic carbocycles. The Morgan fingerprint density at radius 2 is 2.07 bits per heavy atom. The third kappa shape index (κ3) is 1.66. The minimum atomic E-state index is -0.0376. The molecule has 1 aliphatic rings. The van der Waals surface area contributed by atoms with Gasteiger partial charge in [0, 0.05) is 5.41 Å². The summed E-state index contributed by atoms with van der Waals surface area (Å²) in [6.07, 6.45) is 2.33. The molecule has 0 aromatic carbocycles. The lowest BCUT2D eigenvalue weighted by atomic mass is 9.96. The van der Waals surface area contributed by atoms with E-state index >= 15 is 0 Å². The van der Waals surface area contributed by atoms with Gasteiger partial charge in [0.15, 0.2) is 11.6 Å². The molecule has 1 saturated carbocycles. The van der Waals surface area contributed by atoms with Gasteiger partial charge in [0.2, 0.25) is 0 Å². The van der Waals surface area contributed by atoms with Gasteiger partial charge in [0.1, 0.15) is 6.61 Å². The maximum Gasteiger partial charge on any atom is 0.156 e. The van der Waals surface area contributed by atoms with Crippen molar-refractivity contribution in [1.29, 1.82) is 0 Å². The molecule has 0 amide bonds. The molecule has 1 aromatic rings. The van der Waals surface area contributed by atoms with Crippen molar-refractivity contribution in [1.82, 2.24) is 14.8 Å². The number of hydrogen-bond donors (Lipinski definition) is 1. The molecule has 4 heteroatoms. The fraction of sp³-hybridized carbons (Fsp3) is 0.800. The summed E-state index contributed by atoms with van der Waals surface area (Å²) in [5, 5.41) is 13.6. The molecule has 14 heavy (non-hydrogen) atoms. The van der Waals surface area contributed by atoms with Crippen LogP contribution >= 0.6 is 0 Å². The van der Waals surface area contributed by atoms with E-state index in [1.807, 2.05) is 4.68 Å². The SMILES string of the molecule is CC(C)(C)c1nc(CO)n(C2CC2)n1. The van der Waals surface area contributed by atoms with Gasteiger partial charge < -0.3 is 5.11 Å². The van der Waals surface area contributed by atoms with E-state index in [2.05, 4.69) is 30.9 Å². The highest BCUT2D eigenvalue weighted by molar-refractivity contribution is 5.05. The van der Waals surface area contributed by atoms with Crippen LogP contribution in [-0.4, -0.2) is 19.9 Å². The molecule has 2 rings (SSSR count). The van der Waals surface area contributed by atoms with Crippen molar-refractivity contribution in [2.75, 3.05) is 0 Å². The summed E-state index contributed by atoms with van der Waals surface area (Å²) < 4.78 is 1.89. The van der Waals surface area contributed by atoms with Crippen molar-refractivity contribution in [3.8, 4) is 0 Å². The van der Waals surface area contributed by atoms with Gasteiger partial charge in [-0.05, 0) is 12.8 Å². The smallest absolute Gasteiger partial charge is 0.156 e. The quantitative estimate of drug-likeness (QED) is 0.776. The zero-order valence-corrected chi connectivity index (χ0v) is 8.99. The van der Waals surface area contributed by atoms with Crippen molar-refractivity contribution in [3.63, 3.8) is 0 Å². The predicted molar refractivity (Wildman–Crippen MR) is 52.9 cm³/mol. The Hall–Kier alpha value is -0.900. The Balaban J connectivity index is 2.35. The molecule has 0 aliphatic heterocycles. The second-order valence-electron chi connectivity index (χ2n) is 4.94. The van der Waals surface area contributed by atoms with Gasteiger partial charge in [-0.25, -0.2) is 9.67 Å². The van der Waals surface area contributed by atoms with Gasteiger partial charge in [-0.1, -0.05) is 20.8 Å². The number of aliphatic hydroxyl groups is 1. The van der Waals surface area contributed by atoms with Crippen molar-refractivity contribution in [2.45, 2.75) is 51.7 Å². The van der Waals surface area contributed by atoms with Crippen LogP contribution in [0.5, 0.6) is 0 Å². The minimum absolute atomic E-state index is 0.0143. The fourth-order valence-electron chi connectivity index (χ4n) is 1.39. The van der Waals surface area contributed by atoms with Crippen LogP contribution in [0.1, 0.15) is 51.3 Å². The van der Waals surface area contributed by atoms with Crippen LogP contribution in [0.3, 0.4) is 0 Å². The van der Waals surface area contributed by atoms with E-state index < -0.39 is 0 Å². The van der Waals surface area contributed by atoms with Gasteiger partial charge >= 0.3 is 0 Å². The second-order valence-corrected chi connectivity index (χ2v) is 4.94. The van der Waals surface area contributed by atoms with E-state index in [-0.39, 0.29) is 12.0 Å². The molecule has 1 fully saturated rings. The Labute approximate surface area is 84.0 Å². The lowest BCUT2D eigenvalue weighted by Gasteiger charge is -2.12. The van der Waals surface area contributed by atoms with E-state index in [0.29, 0.717) is 11.9 Å². The molecule has 1 aromatic heterocycles. The van der Waals surface area contributed by atoms with E-state index in [4.69, 9.17) is 5.11 Å². The Morgan fingerprint density at radius 1 is 1.43 bits per heavy atom. The largest absolute Gasteiger partial charge is 0.388 e. The highest BCUT2D eigenvalue weighted by atomic mass is 16.3. The first-order chi connectivity index (χ1) is 6.52. The van der Waals surface area contributed by atoms with Crippen LogP contribution in [0.4, 0.5) is 0 Å². The summed E-state index contributed by atoms with van der Waals surface area (Å²) in [7, 11) is 0. The van der Waals surface area contributed by atoms with Crippen LogP contribution in [0.25, 0.3) is 0 Å². The molecule has 78 valence electrons. The predicted octanol–water partition coefficient (Wildman–Crippen LogP) is 1.40. The number of aliphatic hydroxyl groups excluding tert-OH is 1. The first-order valence-electron chi connectivity index (χ1n) is 5.09. The number of rotatable bonds is 2. The van der Waals surface area contributed by atoms with Crippen molar-refractivity contribution in [2.24, 2.45) is 0 Å². The topological polar surface area (TPSA) is 50.9 Å². The van der Waals surface area contributed by atoms with Crippen LogP contribution < -0.4 is 0 Å². The molecule has 4 nitrogen and oxygen atoms in total. The maximum atomic E-state index is 9.15. The molecule has 1 N–H and O–H groups in total. The number of hydrogen-bond acceptors (Lipinski definition) is 3. The third-order valence-electron chi connectivity index (χ3n) is 2.41. The molecule has 0 radical (unpaired) electrons. The Bertz CT molecular complexity index is 334. The molecular weight excluding hydrogens is 178 g/mol. The highest BCUT2D eigenvalue weighted by Gasteiger charge is 2.30. The Kier molecular flexibility index (Phi) is 2.10. The molecular formula is C10H17N3O. The van der Waals surface area contributed by atoms with Gasteiger partial charge in [-0.2, -0.15) is 5.10 Å². The summed E-state index contributed by atoms with van der Waals surface area (Å²) in [4.78, 5) is 4.36. The molecule has 0 spiro atoms. The summed E-state index contributed by atoms with van der Waals surface area (Å²) in [5.74, 6) is 1.53. The van der Waals surface area contributed by atoms with Gasteiger partial charge in [0.05, 0.1) is 6.04 Å². The van der Waals surface area contributed by atoms with Crippen molar-refractivity contribution < 1.29 is 5.11 Å². The van der Waals surface area contributed by atoms with Gasteiger partial charge in [-0.15, -0.1) is 0 Å². The standard InChI is InChI=1S/C10H17N3O/c1-10(2,3)9-11-8(6-14)13(12-9)7-4-5-7/h7,14H,4-6H2,1-3H3. The monoisotopic (exact) mass is 195 g/mol. The molecule has 0 unspecified atom stereocenters. The van der Waals surface area contributed by atoms with Gasteiger partial charge in [-0.3, -0.25) is 0 Å². The first kappa shape index (κ1) is 9.65. The van der Waals surface area contributed by atoms with Gasteiger partial charge in [0.25, 0.3) is 0 Å². The fourth-order valence-corrected chi connectivity index (χ4v) is 1.39. The normalized spacial score (nSPS) is 17.4. The Morgan fingerprint density at radius 3 is 2.50 bits per heavy atom. The molecule has 0 atom stereocenters. The van der Waals surface area contributed by atoms with Crippen LogP contribution in [-0.2, 0) is 12.0 Å².